The van der Waals surface area contributed by atoms with Gasteiger partial charge in [0.15, 0.2) is 5.65 Å². The van der Waals surface area contributed by atoms with E-state index in [2.05, 4.69) is 25.4 Å². The summed E-state index contributed by atoms with van der Waals surface area (Å²) in [5.41, 5.74) is 4.24. The molecule has 72 heavy (non-hydrogen) atoms. The number of aromatic nitrogens is 4. The minimum Gasteiger partial charge on any atom is -0.383 e. The second kappa shape index (κ2) is 24.0. The van der Waals surface area contributed by atoms with Crippen LogP contribution < -0.4 is 20.4 Å². The lowest BCUT2D eigenvalue weighted by Gasteiger charge is -2.35. The molecule has 3 fully saturated rings. The van der Waals surface area contributed by atoms with Crippen molar-refractivity contribution in [1.82, 2.24) is 34.7 Å². The Balaban J connectivity index is 0.582. The molecule has 0 saturated carbocycles. The van der Waals surface area contributed by atoms with Crippen molar-refractivity contribution in [3.05, 3.63) is 102 Å². The van der Waals surface area contributed by atoms with Crippen molar-refractivity contribution < 1.29 is 52.0 Å². The molecule has 2 N–H and O–H groups in total. The molecular formula is C51H59FN10O10. The van der Waals surface area contributed by atoms with Gasteiger partial charge < -0.3 is 43.7 Å². The van der Waals surface area contributed by atoms with Crippen LogP contribution in [0.5, 0.6) is 0 Å². The number of imide groups is 2. The van der Waals surface area contributed by atoms with Gasteiger partial charge in [0.05, 0.1) is 102 Å². The lowest BCUT2D eigenvalue weighted by atomic mass is 10.0. The molecule has 7 heterocycles. The smallest absolute Gasteiger partial charge is 0.262 e. The molecule has 21 heteroatoms. The monoisotopic (exact) mass is 990 g/mol. The van der Waals surface area contributed by atoms with Crippen molar-refractivity contribution in [1.29, 1.82) is 0 Å². The lowest BCUT2D eigenvalue weighted by Crippen LogP contribution is -2.54. The number of piperidine rings is 1. The van der Waals surface area contributed by atoms with Crippen LogP contribution in [0.4, 0.5) is 21.7 Å². The maximum Gasteiger partial charge on any atom is 0.262 e. The molecule has 2 aromatic carbocycles. The van der Waals surface area contributed by atoms with Crippen molar-refractivity contribution in [3.8, 4) is 11.4 Å². The SMILES string of the molecule is O=C1CCC(N2C(=O)c3ccc(NCCOCCOCCOCCOCCOCCC(=O)N4CCN(c5cccc(-c6cnc7ccc(N8CCC[C@@H]8c8cccc(F)c8)nn67)n5)CC4)cc3C2=O)C(=O)N1. The fraction of sp³-hybridized carbons (Fsp3) is 0.451. The minimum absolute atomic E-state index is 0.0454. The Kier molecular flexibility index (Phi) is 16.7. The molecule has 4 aliphatic heterocycles. The third-order valence-electron chi connectivity index (χ3n) is 13.0. The lowest BCUT2D eigenvalue weighted by molar-refractivity contribution is -0.136. The minimum atomic E-state index is -1.01. The maximum atomic E-state index is 14.1. The van der Waals surface area contributed by atoms with Crippen molar-refractivity contribution in [2.24, 2.45) is 0 Å². The van der Waals surface area contributed by atoms with Crippen LogP contribution >= 0.6 is 0 Å². The molecule has 3 aromatic heterocycles. The van der Waals surface area contributed by atoms with Gasteiger partial charge in [-0.2, -0.15) is 0 Å². The highest BCUT2D eigenvalue weighted by molar-refractivity contribution is 6.23. The van der Waals surface area contributed by atoms with Crippen LogP contribution in [0.2, 0.25) is 0 Å². The number of imidazole rings is 1. The highest BCUT2D eigenvalue weighted by Gasteiger charge is 2.44. The number of carbonyl (C=O) groups is 5. The molecule has 0 aliphatic carbocycles. The highest BCUT2D eigenvalue weighted by atomic mass is 19.1. The summed E-state index contributed by atoms with van der Waals surface area (Å²) < 4.78 is 43.9. The second-order valence-electron chi connectivity index (χ2n) is 17.7. The summed E-state index contributed by atoms with van der Waals surface area (Å²) >= 11 is 0. The highest BCUT2D eigenvalue weighted by Crippen LogP contribution is 2.36. The van der Waals surface area contributed by atoms with Crippen molar-refractivity contribution in [3.63, 3.8) is 0 Å². The first-order valence-electron chi connectivity index (χ1n) is 24.6. The number of benzene rings is 2. The summed E-state index contributed by atoms with van der Waals surface area (Å²) in [7, 11) is 0. The molecule has 5 aromatic rings. The van der Waals surface area contributed by atoms with Gasteiger partial charge in [0.25, 0.3) is 11.8 Å². The van der Waals surface area contributed by atoms with Gasteiger partial charge in [-0.1, -0.05) is 18.2 Å². The number of carbonyl (C=O) groups excluding carboxylic acids is 5. The molecule has 5 amide bonds. The zero-order chi connectivity index (χ0) is 49.8. The summed E-state index contributed by atoms with van der Waals surface area (Å²) in [6.45, 7) is 7.61. The molecule has 9 rings (SSSR count). The topological polar surface area (TPSA) is 212 Å². The van der Waals surface area contributed by atoms with Gasteiger partial charge in [-0.15, -0.1) is 5.10 Å². The predicted molar refractivity (Wildman–Crippen MR) is 261 cm³/mol. The average Bonchev–Trinajstić information content (AvgIpc) is 4.12. The van der Waals surface area contributed by atoms with E-state index in [4.69, 9.17) is 33.8 Å². The number of fused-ring (bicyclic) bond motifs is 2. The summed E-state index contributed by atoms with van der Waals surface area (Å²) in [6, 6.07) is 20.5. The Morgan fingerprint density at radius 1 is 0.708 bits per heavy atom. The number of piperazine rings is 1. The summed E-state index contributed by atoms with van der Waals surface area (Å²) in [5, 5.41) is 10.4. The first-order chi connectivity index (χ1) is 35.2. The van der Waals surface area contributed by atoms with Crippen LogP contribution in [-0.2, 0) is 38.1 Å². The Bertz CT molecular complexity index is 2730. The van der Waals surface area contributed by atoms with Crippen LogP contribution in [0.1, 0.15) is 64.4 Å². The third-order valence-corrected chi connectivity index (χ3v) is 13.0. The van der Waals surface area contributed by atoms with E-state index in [0.717, 1.165) is 52.9 Å². The molecule has 2 atom stereocenters. The van der Waals surface area contributed by atoms with Gasteiger partial charge in [-0.25, -0.2) is 18.9 Å². The number of rotatable bonds is 24. The normalized spacial score (nSPS) is 18.1. The molecular weight excluding hydrogens is 932 g/mol. The Labute approximate surface area is 415 Å². The van der Waals surface area contributed by atoms with Gasteiger partial charge >= 0.3 is 0 Å². The number of nitrogens with zero attached hydrogens (tertiary/aromatic N) is 8. The standard InChI is InChI=1S/C51H59FN10O10/c52-36-5-1-4-35(32-36)41-7-3-17-60(41)46-13-12-44-54-34-43(62(44)57-46)40-6-2-8-45(55-40)58-18-20-59(21-19-58)48(64)15-22-68-24-26-70-28-30-72-31-29-71-27-25-69-23-16-53-37-9-10-38-39(33-37)51(67)61(50(38)66)42-11-14-47(63)56-49(42)65/h1-2,4-6,8-10,12-13,32-34,41-42,53H,3,7,11,14-31H2,(H,56,63,65)/t41-,42?/m1/s1. The molecule has 0 radical (unpaired) electrons. The van der Waals surface area contributed by atoms with Crippen LogP contribution in [0.3, 0.4) is 0 Å². The number of nitrogens with one attached hydrogen (secondary N) is 2. The van der Waals surface area contributed by atoms with E-state index in [-0.39, 0.29) is 41.7 Å². The molecule has 0 spiro atoms. The molecule has 1 unspecified atom stereocenters. The quantitative estimate of drug-likeness (QED) is 0.0663. The van der Waals surface area contributed by atoms with Crippen LogP contribution in [-0.4, -0.2) is 170 Å². The van der Waals surface area contributed by atoms with Crippen LogP contribution in [0.25, 0.3) is 17.0 Å². The molecule has 4 aliphatic rings. The Morgan fingerprint density at radius 3 is 2.15 bits per heavy atom. The van der Waals surface area contributed by atoms with E-state index in [9.17, 15) is 28.4 Å². The summed E-state index contributed by atoms with van der Waals surface area (Å²) in [6.07, 6.45) is 4.17. The molecule has 3 saturated heterocycles. The first-order valence-corrected chi connectivity index (χ1v) is 24.6. The van der Waals surface area contributed by atoms with Crippen molar-refractivity contribution in [2.45, 2.75) is 44.2 Å². The fourth-order valence-corrected chi connectivity index (χ4v) is 9.37. The van der Waals surface area contributed by atoms with Gasteiger partial charge in [-0.3, -0.25) is 34.2 Å². The maximum absolute atomic E-state index is 14.1. The van der Waals surface area contributed by atoms with Gasteiger partial charge in [0, 0.05) is 51.4 Å². The zero-order valence-electron chi connectivity index (χ0n) is 40.0. The molecule has 20 nitrogen and oxygen atoms in total. The number of amides is 5. The van der Waals surface area contributed by atoms with E-state index in [1.807, 2.05) is 45.8 Å². The van der Waals surface area contributed by atoms with E-state index >= 15 is 0 Å². The zero-order valence-corrected chi connectivity index (χ0v) is 40.0. The number of halogens is 1. The molecule has 0 bridgehead atoms. The largest absolute Gasteiger partial charge is 0.383 e. The van der Waals surface area contributed by atoms with Crippen LogP contribution in [0, 0.1) is 5.82 Å². The van der Waals surface area contributed by atoms with Crippen molar-refractivity contribution in [2.75, 3.05) is 120 Å². The Morgan fingerprint density at radius 2 is 1.42 bits per heavy atom. The van der Waals surface area contributed by atoms with E-state index < -0.39 is 29.7 Å². The number of anilines is 3. The van der Waals surface area contributed by atoms with E-state index in [1.54, 1.807) is 36.5 Å². The number of pyridine rings is 1. The predicted octanol–water partition coefficient (Wildman–Crippen LogP) is 3.91. The second-order valence-corrected chi connectivity index (χ2v) is 17.7. The summed E-state index contributed by atoms with van der Waals surface area (Å²) in [4.78, 5) is 79.6. The van der Waals surface area contributed by atoms with E-state index in [0.29, 0.717) is 117 Å². The molecule has 380 valence electrons. The number of ether oxygens (including phenoxy) is 5. The average molecular weight is 991 g/mol. The van der Waals surface area contributed by atoms with Crippen LogP contribution in [0.15, 0.2) is 79.0 Å². The third kappa shape index (κ3) is 12.0. The summed E-state index contributed by atoms with van der Waals surface area (Å²) in [5.74, 6) is -0.723. The Hall–Kier alpha value is -6.91. The van der Waals surface area contributed by atoms with E-state index in [1.165, 1.54) is 6.07 Å². The van der Waals surface area contributed by atoms with Gasteiger partial charge in [0.2, 0.25) is 17.7 Å². The van der Waals surface area contributed by atoms with Gasteiger partial charge in [0.1, 0.15) is 29.2 Å². The number of hydrogen-bond donors (Lipinski definition) is 2. The van der Waals surface area contributed by atoms with Gasteiger partial charge in [-0.05, 0) is 79.4 Å². The van der Waals surface area contributed by atoms with Crippen molar-refractivity contribution >= 4 is 52.5 Å². The number of hydrogen-bond acceptors (Lipinski definition) is 16. The first kappa shape index (κ1) is 50.0. The fourth-order valence-electron chi connectivity index (χ4n) is 9.37.